The Kier molecular flexibility index (Phi) is 6.78. The summed E-state index contributed by atoms with van der Waals surface area (Å²) >= 11 is 0. The second kappa shape index (κ2) is 10.3. The first kappa shape index (κ1) is 21.1. The van der Waals surface area contributed by atoms with Crippen LogP contribution in [-0.4, -0.2) is 22.7 Å². The molecular weight excluding hydrogens is 402 g/mol. The van der Waals surface area contributed by atoms with E-state index >= 15 is 0 Å². The minimum absolute atomic E-state index is 0.104. The van der Waals surface area contributed by atoms with Gasteiger partial charge < -0.3 is 14.3 Å². The number of rotatable bonds is 9. The first-order valence-electron chi connectivity index (χ1n) is 10.4. The Morgan fingerprint density at radius 1 is 0.875 bits per heavy atom. The molecule has 1 aromatic heterocycles. The third-order valence-corrected chi connectivity index (χ3v) is 4.83. The van der Waals surface area contributed by atoms with Crippen molar-refractivity contribution < 1.29 is 19.1 Å². The summed E-state index contributed by atoms with van der Waals surface area (Å²) in [6.07, 6.45) is 4.37. The van der Waals surface area contributed by atoms with E-state index in [9.17, 15) is 4.79 Å². The second-order valence-corrected chi connectivity index (χ2v) is 7.21. The van der Waals surface area contributed by atoms with Crippen molar-refractivity contribution >= 4 is 18.1 Å². The lowest BCUT2D eigenvalue weighted by Gasteiger charge is -2.05. The van der Waals surface area contributed by atoms with Crippen LogP contribution in [0, 0.1) is 0 Å². The average molecular weight is 425 g/mol. The predicted octanol–water partition coefficient (Wildman–Crippen LogP) is 6.42. The number of hydrogen-bond acceptors (Lipinski definition) is 4. The van der Waals surface area contributed by atoms with Crippen LogP contribution in [0.5, 0.6) is 5.75 Å². The number of aromatic nitrogens is 1. The number of hydrogen-bond donors (Lipinski definition) is 1. The molecule has 5 nitrogen and oxygen atoms in total. The lowest BCUT2D eigenvalue weighted by molar-refractivity contribution is -0.137. The first-order valence-corrected chi connectivity index (χ1v) is 10.4. The van der Waals surface area contributed by atoms with Crippen LogP contribution in [0.2, 0.25) is 0 Å². The molecule has 4 aromatic rings. The van der Waals surface area contributed by atoms with Crippen molar-refractivity contribution in [2.45, 2.75) is 12.8 Å². The summed E-state index contributed by atoms with van der Waals surface area (Å²) in [6.45, 7) is 0.377. The standard InChI is InChI=1S/C27H23NO4/c29-25(30)12-7-19-31-23-16-13-20(14-17-23)15-18-24-28-26(21-8-3-1-4-9-21)27(32-24)22-10-5-2-6-11-22/h1-6,8-11,13-18H,7,12,19H2,(H,29,30)/b18-15+. The third kappa shape index (κ3) is 5.52. The summed E-state index contributed by atoms with van der Waals surface area (Å²) in [7, 11) is 0. The Balaban J connectivity index is 1.50. The van der Waals surface area contributed by atoms with Gasteiger partial charge in [0, 0.05) is 23.6 Å². The molecule has 0 aliphatic carbocycles. The molecule has 0 unspecified atom stereocenters. The molecular formula is C27H23NO4. The number of nitrogens with zero attached hydrogens (tertiary/aromatic N) is 1. The second-order valence-electron chi connectivity index (χ2n) is 7.21. The molecule has 0 atom stereocenters. The van der Waals surface area contributed by atoms with Gasteiger partial charge in [0.15, 0.2) is 5.76 Å². The number of benzene rings is 3. The van der Waals surface area contributed by atoms with E-state index in [4.69, 9.17) is 19.2 Å². The Morgan fingerprint density at radius 3 is 2.19 bits per heavy atom. The highest BCUT2D eigenvalue weighted by Gasteiger charge is 2.15. The van der Waals surface area contributed by atoms with Crippen LogP contribution in [0.1, 0.15) is 24.3 Å². The van der Waals surface area contributed by atoms with Crippen LogP contribution in [0.15, 0.2) is 89.3 Å². The quantitative estimate of drug-likeness (QED) is 0.313. The molecule has 4 rings (SSSR count). The summed E-state index contributed by atoms with van der Waals surface area (Å²) in [5.74, 6) is 1.16. The van der Waals surface area contributed by atoms with Crippen molar-refractivity contribution in [3.8, 4) is 28.3 Å². The molecule has 0 saturated carbocycles. The predicted molar refractivity (Wildman–Crippen MR) is 125 cm³/mol. The van der Waals surface area contributed by atoms with Gasteiger partial charge >= 0.3 is 5.97 Å². The molecule has 160 valence electrons. The molecule has 0 bridgehead atoms. The lowest BCUT2D eigenvalue weighted by atomic mass is 10.1. The fraction of sp³-hybridized carbons (Fsp3) is 0.111. The largest absolute Gasteiger partial charge is 0.494 e. The minimum Gasteiger partial charge on any atom is -0.494 e. The van der Waals surface area contributed by atoms with E-state index < -0.39 is 5.97 Å². The molecule has 0 saturated heterocycles. The highest BCUT2D eigenvalue weighted by Crippen LogP contribution is 2.33. The third-order valence-electron chi connectivity index (χ3n) is 4.83. The Labute approximate surface area is 186 Å². The van der Waals surface area contributed by atoms with E-state index in [1.807, 2.05) is 97.1 Å². The number of carboxylic acids is 1. The monoisotopic (exact) mass is 425 g/mol. The molecule has 0 aliphatic rings. The highest BCUT2D eigenvalue weighted by molar-refractivity contribution is 5.78. The summed E-state index contributed by atoms with van der Waals surface area (Å²) < 4.78 is 11.7. The zero-order valence-electron chi connectivity index (χ0n) is 17.5. The van der Waals surface area contributed by atoms with Crippen molar-refractivity contribution in [2.24, 2.45) is 0 Å². The van der Waals surface area contributed by atoms with Gasteiger partial charge in [-0.05, 0) is 30.2 Å². The summed E-state index contributed by atoms with van der Waals surface area (Å²) in [5.41, 5.74) is 3.76. The van der Waals surface area contributed by atoms with Gasteiger partial charge in [-0.1, -0.05) is 72.8 Å². The van der Waals surface area contributed by atoms with Crippen molar-refractivity contribution in [3.63, 3.8) is 0 Å². The van der Waals surface area contributed by atoms with E-state index in [2.05, 4.69) is 0 Å². The van der Waals surface area contributed by atoms with E-state index in [-0.39, 0.29) is 6.42 Å². The molecule has 3 aromatic carbocycles. The van der Waals surface area contributed by atoms with E-state index in [0.717, 1.165) is 28.1 Å². The first-order chi connectivity index (χ1) is 15.7. The van der Waals surface area contributed by atoms with Gasteiger partial charge in [0.1, 0.15) is 11.4 Å². The molecule has 0 fully saturated rings. The maximum atomic E-state index is 10.6. The molecule has 0 amide bonds. The lowest BCUT2D eigenvalue weighted by Crippen LogP contribution is -2.01. The molecule has 32 heavy (non-hydrogen) atoms. The van der Waals surface area contributed by atoms with Crippen LogP contribution in [0.3, 0.4) is 0 Å². The molecule has 1 heterocycles. The number of carboxylic acid groups (broad SMARTS) is 1. The number of oxazole rings is 1. The Hall–Kier alpha value is -4.12. The molecule has 0 aliphatic heterocycles. The Morgan fingerprint density at radius 2 is 1.53 bits per heavy atom. The zero-order chi connectivity index (χ0) is 22.2. The van der Waals surface area contributed by atoms with Gasteiger partial charge in [-0.3, -0.25) is 4.79 Å². The van der Waals surface area contributed by atoms with Gasteiger partial charge in [-0.15, -0.1) is 0 Å². The van der Waals surface area contributed by atoms with E-state index in [1.165, 1.54) is 0 Å². The summed E-state index contributed by atoms with van der Waals surface area (Å²) in [6, 6.07) is 27.5. The van der Waals surface area contributed by atoms with Crippen molar-refractivity contribution in [1.29, 1.82) is 0 Å². The molecule has 0 spiro atoms. The minimum atomic E-state index is -0.813. The van der Waals surface area contributed by atoms with Gasteiger partial charge in [0.25, 0.3) is 0 Å². The smallest absolute Gasteiger partial charge is 0.303 e. The van der Waals surface area contributed by atoms with Crippen LogP contribution >= 0.6 is 0 Å². The van der Waals surface area contributed by atoms with E-state index in [0.29, 0.717) is 24.7 Å². The van der Waals surface area contributed by atoms with Crippen LogP contribution in [0.4, 0.5) is 0 Å². The van der Waals surface area contributed by atoms with Crippen molar-refractivity contribution in [1.82, 2.24) is 4.98 Å². The Bertz CT molecular complexity index is 1120. The fourth-order valence-electron chi connectivity index (χ4n) is 3.24. The molecule has 1 N–H and O–H groups in total. The summed E-state index contributed by atoms with van der Waals surface area (Å²) in [5, 5.41) is 8.67. The summed E-state index contributed by atoms with van der Waals surface area (Å²) in [4.78, 5) is 15.3. The van der Waals surface area contributed by atoms with E-state index in [1.54, 1.807) is 0 Å². The van der Waals surface area contributed by atoms with Crippen LogP contribution in [0.25, 0.3) is 34.7 Å². The molecule has 5 heteroatoms. The van der Waals surface area contributed by atoms with Crippen molar-refractivity contribution in [3.05, 3.63) is 96.4 Å². The normalized spacial score (nSPS) is 11.0. The average Bonchev–Trinajstić information content (AvgIpc) is 3.27. The SMILES string of the molecule is O=C(O)CCCOc1ccc(/C=C/c2nc(-c3ccccc3)c(-c3ccccc3)o2)cc1. The maximum absolute atomic E-state index is 10.6. The van der Waals surface area contributed by atoms with Crippen molar-refractivity contribution in [2.75, 3.05) is 6.61 Å². The zero-order valence-corrected chi connectivity index (χ0v) is 17.5. The number of aliphatic carboxylic acids is 1. The fourth-order valence-corrected chi connectivity index (χ4v) is 3.24. The van der Waals surface area contributed by atoms with Gasteiger partial charge in [-0.2, -0.15) is 0 Å². The van der Waals surface area contributed by atoms with Gasteiger partial charge in [0.05, 0.1) is 6.61 Å². The molecule has 0 radical (unpaired) electrons. The topological polar surface area (TPSA) is 72.6 Å². The number of ether oxygens (including phenoxy) is 1. The van der Waals surface area contributed by atoms with Crippen LogP contribution in [-0.2, 0) is 4.79 Å². The van der Waals surface area contributed by atoms with Gasteiger partial charge in [-0.25, -0.2) is 4.98 Å². The van der Waals surface area contributed by atoms with Gasteiger partial charge in [0.2, 0.25) is 5.89 Å². The maximum Gasteiger partial charge on any atom is 0.303 e. The number of carbonyl (C=O) groups is 1. The highest BCUT2D eigenvalue weighted by atomic mass is 16.5. The van der Waals surface area contributed by atoms with Crippen LogP contribution < -0.4 is 4.74 Å².